The van der Waals surface area contributed by atoms with Crippen LogP contribution in [-0.2, 0) is 10.2 Å². The molecule has 0 spiro atoms. The van der Waals surface area contributed by atoms with Crippen molar-refractivity contribution >= 4 is 5.91 Å². The van der Waals surface area contributed by atoms with E-state index in [9.17, 15) is 15.0 Å². The van der Waals surface area contributed by atoms with Crippen LogP contribution in [0.4, 0.5) is 0 Å². The number of nitrogens with one attached hydrogen (secondary N) is 1. The summed E-state index contributed by atoms with van der Waals surface area (Å²) in [7, 11) is 0. The Labute approximate surface area is 132 Å². The molecule has 0 bridgehead atoms. The summed E-state index contributed by atoms with van der Waals surface area (Å²) in [5.41, 5.74) is 0.804. The largest absolute Gasteiger partial charge is 0.387 e. The van der Waals surface area contributed by atoms with Crippen molar-refractivity contribution in [1.29, 1.82) is 0 Å². The van der Waals surface area contributed by atoms with Gasteiger partial charge in [0.2, 0.25) is 0 Å². The van der Waals surface area contributed by atoms with Gasteiger partial charge in [0.15, 0.2) is 0 Å². The van der Waals surface area contributed by atoms with Crippen molar-refractivity contribution in [2.24, 2.45) is 0 Å². The van der Waals surface area contributed by atoms with Gasteiger partial charge in [-0.05, 0) is 42.2 Å². The van der Waals surface area contributed by atoms with Gasteiger partial charge in [-0.3, -0.25) is 4.79 Å². The van der Waals surface area contributed by atoms with Gasteiger partial charge in [0.25, 0.3) is 5.91 Å². The molecule has 3 N–H and O–H groups in total. The van der Waals surface area contributed by atoms with Crippen molar-refractivity contribution in [2.75, 3.05) is 6.54 Å². The molecule has 1 unspecified atom stereocenters. The summed E-state index contributed by atoms with van der Waals surface area (Å²) in [4.78, 5) is 12.0. The second kappa shape index (κ2) is 6.39. The molecule has 1 amide bonds. The lowest BCUT2D eigenvalue weighted by molar-refractivity contribution is -0.139. The van der Waals surface area contributed by atoms with Gasteiger partial charge in [-0.25, -0.2) is 0 Å². The number of carbonyl (C=O) groups is 1. The molecule has 22 heavy (non-hydrogen) atoms. The van der Waals surface area contributed by atoms with E-state index in [0.29, 0.717) is 12.8 Å². The van der Waals surface area contributed by atoms with Gasteiger partial charge in [-0.2, -0.15) is 0 Å². The third-order valence-corrected chi connectivity index (χ3v) is 4.47. The standard InChI is InChI=1S/C18H27NO3/c1-17(2,3)14-8-6-13(7-9-14)15(20)12-19-16(21)18(22)10-4-5-11-18/h6-9,15,20,22H,4-5,10-12H2,1-3H3,(H,19,21). The van der Waals surface area contributed by atoms with Gasteiger partial charge in [0.05, 0.1) is 6.10 Å². The van der Waals surface area contributed by atoms with E-state index in [2.05, 4.69) is 26.1 Å². The SMILES string of the molecule is CC(C)(C)c1ccc(C(O)CNC(=O)C2(O)CCCC2)cc1. The fraction of sp³-hybridized carbons (Fsp3) is 0.611. The molecule has 1 saturated carbocycles. The molecule has 1 aromatic rings. The Kier molecular flexibility index (Phi) is 4.93. The molecule has 1 aromatic carbocycles. The van der Waals surface area contributed by atoms with E-state index < -0.39 is 11.7 Å². The van der Waals surface area contributed by atoms with Crippen LogP contribution in [0.15, 0.2) is 24.3 Å². The highest BCUT2D eigenvalue weighted by Crippen LogP contribution is 2.29. The average Bonchev–Trinajstić information content (AvgIpc) is 2.91. The highest BCUT2D eigenvalue weighted by molar-refractivity contribution is 5.85. The number of carbonyl (C=O) groups excluding carboxylic acids is 1. The Morgan fingerprint density at radius 2 is 1.77 bits per heavy atom. The maximum absolute atomic E-state index is 12.0. The topological polar surface area (TPSA) is 69.6 Å². The maximum atomic E-state index is 12.0. The molecule has 1 atom stereocenters. The second-order valence-electron chi connectivity index (χ2n) is 7.34. The Balaban J connectivity index is 1.92. The molecule has 0 radical (unpaired) electrons. The van der Waals surface area contributed by atoms with Crippen LogP contribution in [0.25, 0.3) is 0 Å². The quantitative estimate of drug-likeness (QED) is 0.800. The zero-order valence-corrected chi connectivity index (χ0v) is 13.7. The normalized spacial score (nSPS) is 19.0. The first-order chi connectivity index (χ1) is 10.2. The van der Waals surface area contributed by atoms with Crippen LogP contribution in [0.1, 0.15) is 63.7 Å². The van der Waals surface area contributed by atoms with Crippen molar-refractivity contribution in [2.45, 2.75) is 63.6 Å². The molecule has 2 rings (SSSR count). The summed E-state index contributed by atoms with van der Waals surface area (Å²) >= 11 is 0. The van der Waals surface area contributed by atoms with E-state index in [1.54, 1.807) is 0 Å². The number of rotatable bonds is 4. The van der Waals surface area contributed by atoms with Crippen LogP contribution in [0.5, 0.6) is 0 Å². The van der Waals surface area contributed by atoms with Crippen LogP contribution < -0.4 is 5.32 Å². The predicted octanol–water partition coefficient (Wildman–Crippen LogP) is 2.44. The monoisotopic (exact) mass is 305 g/mol. The first-order valence-electron chi connectivity index (χ1n) is 8.01. The number of hydrogen-bond donors (Lipinski definition) is 3. The number of amides is 1. The smallest absolute Gasteiger partial charge is 0.252 e. The highest BCUT2D eigenvalue weighted by Gasteiger charge is 2.38. The fourth-order valence-electron chi connectivity index (χ4n) is 2.86. The van der Waals surface area contributed by atoms with Crippen molar-refractivity contribution in [3.63, 3.8) is 0 Å². The molecule has 0 heterocycles. The van der Waals surface area contributed by atoms with Crippen molar-refractivity contribution < 1.29 is 15.0 Å². The summed E-state index contributed by atoms with van der Waals surface area (Å²) in [6.07, 6.45) is 2.01. The Bertz CT molecular complexity index is 510. The summed E-state index contributed by atoms with van der Waals surface area (Å²) in [5.74, 6) is -0.365. The summed E-state index contributed by atoms with van der Waals surface area (Å²) in [6.45, 7) is 6.54. The molecule has 1 aliphatic carbocycles. The summed E-state index contributed by atoms with van der Waals surface area (Å²) < 4.78 is 0. The van der Waals surface area contributed by atoms with Gasteiger partial charge < -0.3 is 15.5 Å². The van der Waals surface area contributed by atoms with Gasteiger partial charge >= 0.3 is 0 Å². The predicted molar refractivity (Wildman–Crippen MR) is 86.5 cm³/mol. The van der Waals surface area contributed by atoms with Crippen LogP contribution in [0.2, 0.25) is 0 Å². The van der Waals surface area contributed by atoms with Gasteiger partial charge in [0, 0.05) is 6.54 Å². The van der Waals surface area contributed by atoms with Crippen LogP contribution in [0, 0.1) is 0 Å². The maximum Gasteiger partial charge on any atom is 0.252 e. The third-order valence-electron chi connectivity index (χ3n) is 4.47. The van der Waals surface area contributed by atoms with Crippen LogP contribution in [-0.4, -0.2) is 28.3 Å². The molecule has 0 saturated heterocycles. The van der Waals surface area contributed by atoms with E-state index in [4.69, 9.17) is 0 Å². The fourth-order valence-corrected chi connectivity index (χ4v) is 2.86. The molecule has 0 aliphatic heterocycles. The minimum absolute atomic E-state index is 0.0729. The molecule has 0 aromatic heterocycles. The van der Waals surface area contributed by atoms with Crippen molar-refractivity contribution in [3.05, 3.63) is 35.4 Å². The molecule has 122 valence electrons. The van der Waals surface area contributed by atoms with E-state index in [-0.39, 0.29) is 17.9 Å². The Morgan fingerprint density at radius 1 is 1.23 bits per heavy atom. The summed E-state index contributed by atoms with van der Waals surface area (Å²) in [6, 6.07) is 7.79. The molecular weight excluding hydrogens is 278 g/mol. The number of hydrogen-bond acceptors (Lipinski definition) is 3. The van der Waals surface area contributed by atoms with Gasteiger partial charge in [0.1, 0.15) is 5.60 Å². The number of aliphatic hydroxyl groups is 2. The third kappa shape index (κ3) is 3.87. The molecule has 1 fully saturated rings. The van der Waals surface area contributed by atoms with Crippen molar-refractivity contribution in [1.82, 2.24) is 5.32 Å². The van der Waals surface area contributed by atoms with Crippen molar-refractivity contribution in [3.8, 4) is 0 Å². The lowest BCUT2D eigenvalue weighted by Crippen LogP contribution is -2.45. The van der Waals surface area contributed by atoms with Gasteiger partial charge in [-0.1, -0.05) is 45.0 Å². The number of aliphatic hydroxyl groups excluding tert-OH is 1. The average molecular weight is 305 g/mol. The number of benzene rings is 1. The van der Waals surface area contributed by atoms with E-state index in [1.807, 2.05) is 24.3 Å². The zero-order valence-electron chi connectivity index (χ0n) is 13.7. The molecular formula is C18H27NO3. The lowest BCUT2D eigenvalue weighted by Gasteiger charge is -2.23. The first-order valence-corrected chi connectivity index (χ1v) is 8.01. The lowest BCUT2D eigenvalue weighted by atomic mass is 9.86. The van der Waals surface area contributed by atoms with E-state index >= 15 is 0 Å². The second-order valence-corrected chi connectivity index (χ2v) is 7.34. The highest BCUT2D eigenvalue weighted by atomic mass is 16.3. The summed E-state index contributed by atoms with van der Waals surface area (Å²) in [5, 5.41) is 23.0. The molecule has 1 aliphatic rings. The van der Waals surface area contributed by atoms with Crippen LogP contribution >= 0.6 is 0 Å². The van der Waals surface area contributed by atoms with Crippen LogP contribution in [0.3, 0.4) is 0 Å². The molecule has 4 heteroatoms. The van der Waals surface area contributed by atoms with E-state index in [1.165, 1.54) is 5.56 Å². The van der Waals surface area contributed by atoms with E-state index in [0.717, 1.165) is 18.4 Å². The Hall–Kier alpha value is -1.39. The Morgan fingerprint density at radius 3 is 2.27 bits per heavy atom. The first kappa shape index (κ1) is 17.0. The minimum atomic E-state index is -1.24. The van der Waals surface area contributed by atoms with Gasteiger partial charge in [-0.15, -0.1) is 0 Å². The zero-order chi connectivity index (χ0) is 16.4. The minimum Gasteiger partial charge on any atom is -0.387 e. The molecule has 4 nitrogen and oxygen atoms in total.